The second-order valence-corrected chi connectivity index (χ2v) is 11.7. The van der Waals surface area contributed by atoms with Crippen LogP contribution in [0.15, 0.2) is 114 Å². The molecule has 0 aromatic heterocycles. The molecule has 44 heavy (non-hydrogen) atoms. The van der Waals surface area contributed by atoms with Crippen molar-refractivity contribution >= 4 is 52.9 Å². The molecular formula is C35H33N3O5S. The predicted molar refractivity (Wildman–Crippen MR) is 175 cm³/mol. The molecular weight excluding hydrogens is 574 g/mol. The zero-order chi connectivity index (χ0) is 31.6. The largest absolute Gasteiger partial charge is 0.478 e. The maximum atomic E-state index is 13.5. The lowest BCUT2D eigenvalue weighted by Crippen LogP contribution is -2.30. The monoisotopic (exact) mass is 607 g/mol. The lowest BCUT2D eigenvalue weighted by Gasteiger charge is -2.14. The summed E-state index contributed by atoms with van der Waals surface area (Å²) in [5, 5.41) is 17.0. The molecule has 8 nitrogen and oxygen atoms in total. The normalized spacial score (nSPS) is 11.9. The van der Waals surface area contributed by atoms with Crippen molar-refractivity contribution in [2.75, 3.05) is 10.6 Å². The molecule has 1 atom stereocenters. The van der Waals surface area contributed by atoms with E-state index < -0.39 is 23.0 Å². The van der Waals surface area contributed by atoms with Crippen LogP contribution in [0.2, 0.25) is 0 Å². The summed E-state index contributed by atoms with van der Waals surface area (Å²) in [7, 11) is 0. The Kier molecular flexibility index (Phi) is 10.7. The van der Waals surface area contributed by atoms with Crippen molar-refractivity contribution in [1.82, 2.24) is 5.32 Å². The van der Waals surface area contributed by atoms with Crippen LogP contribution in [0.1, 0.15) is 58.5 Å². The zero-order valence-corrected chi connectivity index (χ0v) is 25.4. The molecule has 1 unspecified atom stereocenters. The highest BCUT2D eigenvalue weighted by molar-refractivity contribution is 8.00. The molecule has 224 valence electrons. The maximum Gasteiger partial charge on any atom is 0.335 e. The topological polar surface area (TPSA) is 125 Å². The second-order valence-electron chi connectivity index (χ2n) is 10.3. The first-order valence-electron chi connectivity index (χ1n) is 14.0. The van der Waals surface area contributed by atoms with E-state index in [-0.39, 0.29) is 17.2 Å². The molecule has 4 rings (SSSR count). The van der Waals surface area contributed by atoms with Crippen molar-refractivity contribution in [3.05, 3.63) is 131 Å². The number of amides is 3. The van der Waals surface area contributed by atoms with E-state index in [1.165, 1.54) is 23.9 Å². The highest BCUT2D eigenvalue weighted by Crippen LogP contribution is 2.27. The fraction of sp³-hybridized carbons (Fsp3) is 0.143. The zero-order valence-electron chi connectivity index (χ0n) is 24.5. The van der Waals surface area contributed by atoms with Crippen molar-refractivity contribution in [1.29, 1.82) is 0 Å². The van der Waals surface area contributed by atoms with Crippen LogP contribution in [0.25, 0.3) is 6.08 Å². The van der Waals surface area contributed by atoms with Crippen LogP contribution in [0.4, 0.5) is 11.4 Å². The Hall–Kier alpha value is -5.15. The van der Waals surface area contributed by atoms with Gasteiger partial charge in [-0.05, 0) is 78.6 Å². The van der Waals surface area contributed by atoms with Crippen LogP contribution in [0, 0.1) is 0 Å². The first-order valence-corrected chi connectivity index (χ1v) is 14.9. The minimum Gasteiger partial charge on any atom is -0.478 e. The van der Waals surface area contributed by atoms with Gasteiger partial charge in [-0.15, -0.1) is 11.8 Å². The number of hydrogen-bond acceptors (Lipinski definition) is 5. The second kappa shape index (κ2) is 14.8. The van der Waals surface area contributed by atoms with Crippen LogP contribution >= 0.6 is 11.8 Å². The molecule has 4 N–H and O–H groups in total. The number of thioether (sulfide) groups is 1. The Balaban J connectivity index is 1.48. The van der Waals surface area contributed by atoms with Gasteiger partial charge in [-0.25, -0.2) is 4.79 Å². The van der Waals surface area contributed by atoms with Gasteiger partial charge in [0.25, 0.3) is 11.8 Å². The number of rotatable bonds is 11. The summed E-state index contributed by atoms with van der Waals surface area (Å²) in [5.41, 5.74) is 3.36. The van der Waals surface area contributed by atoms with Gasteiger partial charge in [-0.2, -0.15) is 0 Å². The Morgan fingerprint density at radius 3 is 2.02 bits per heavy atom. The van der Waals surface area contributed by atoms with Gasteiger partial charge in [0.2, 0.25) is 5.91 Å². The minimum absolute atomic E-state index is 0.0746. The van der Waals surface area contributed by atoms with Crippen LogP contribution in [-0.4, -0.2) is 34.0 Å². The van der Waals surface area contributed by atoms with Crippen molar-refractivity contribution < 1.29 is 24.3 Å². The molecule has 4 aromatic rings. The Morgan fingerprint density at radius 1 is 0.727 bits per heavy atom. The maximum absolute atomic E-state index is 13.5. The fourth-order valence-corrected chi connectivity index (χ4v) is 5.09. The van der Waals surface area contributed by atoms with E-state index in [1.807, 2.05) is 36.4 Å². The minimum atomic E-state index is -1.08. The number of carbonyl (C=O) groups excluding carboxylic acids is 3. The van der Waals surface area contributed by atoms with E-state index in [0.717, 1.165) is 16.0 Å². The van der Waals surface area contributed by atoms with E-state index in [2.05, 4.69) is 29.8 Å². The van der Waals surface area contributed by atoms with Gasteiger partial charge in [0, 0.05) is 21.8 Å². The molecule has 0 saturated carbocycles. The molecule has 0 heterocycles. The molecule has 0 saturated heterocycles. The van der Waals surface area contributed by atoms with Gasteiger partial charge in [0.05, 0.1) is 10.8 Å². The molecule has 0 fully saturated rings. The van der Waals surface area contributed by atoms with Crippen molar-refractivity contribution in [2.24, 2.45) is 0 Å². The summed E-state index contributed by atoms with van der Waals surface area (Å²) in [5.74, 6) is -1.94. The first-order chi connectivity index (χ1) is 21.1. The summed E-state index contributed by atoms with van der Waals surface area (Å²) in [6.45, 7) is 5.93. The van der Waals surface area contributed by atoms with E-state index in [9.17, 15) is 24.3 Å². The highest BCUT2D eigenvalue weighted by atomic mass is 32.2. The first kappa shape index (κ1) is 31.8. The highest BCUT2D eigenvalue weighted by Gasteiger charge is 2.18. The van der Waals surface area contributed by atoms with E-state index in [0.29, 0.717) is 22.9 Å². The lowest BCUT2D eigenvalue weighted by molar-refractivity contribution is -0.115. The summed E-state index contributed by atoms with van der Waals surface area (Å²) < 4.78 is 0. The molecule has 0 bridgehead atoms. The number of aromatic carboxylic acids is 1. The number of hydrogen-bond donors (Lipinski definition) is 4. The van der Waals surface area contributed by atoms with E-state index in [4.69, 9.17) is 0 Å². The number of anilines is 2. The quantitative estimate of drug-likeness (QED) is 0.107. The van der Waals surface area contributed by atoms with Gasteiger partial charge in [-0.1, -0.05) is 68.4 Å². The van der Waals surface area contributed by atoms with Gasteiger partial charge < -0.3 is 21.1 Å². The van der Waals surface area contributed by atoms with E-state index >= 15 is 0 Å². The average Bonchev–Trinajstić information content (AvgIpc) is 3.01. The Morgan fingerprint density at radius 2 is 1.36 bits per heavy atom. The Labute approximate surface area is 260 Å². The van der Waals surface area contributed by atoms with Crippen LogP contribution in [0.3, 0.4) is 0 Å². The van der Waals surface area contributed by atoms with Crippen molar-refractivity contribution in [3.63, 3.8) is 0 Å². The van der Waals surface area contributed by atoms with Crippen molar-refractivity contribution in [2.45, 2.75) is 36.8 Å². The Bertz CT molecular complexity index is 1680. The molecule has 3 amide bonds. The third-order valence-corrected chi connectivity index (χ3v) is 7.69. The number of carbonyl (C=O) groups is 4. The molecule has 4 aromatic carbocycles. The number of carboxylic acid groups (broad SMARTS) is 1. The fourth-order valence-electron chi connectivity index (χ4n) is 4.16. The molecule has 0 aliphatic rings. The van der Waals surface area contributed by atoms with Crippen LogP contribution in [0.5, 0.6) is 0 Å². The van der Waals surface area contributed by atoms with Gasteiger partial charge in [0.15, 0.2) is 0 Å². The standard InChI is InChI=1S/C35H33N3O5S/c1-22(2)25-17-15-24(16-18-25)19-31(38-33(40)26-9-5-4-6-10-26)34(41)37-29-13-8-14-30(21-29)44-23(3)32(39)36-28-12-7-11-27(20-28)35(42)43/h4-23H,1-3H3,(H,36,39)(H,37,41)(H,38,40)(H,42,43)/b31-19+. The predicted octanol–water partition coefficient (Wildman–Crippen LogP) is 7.04. The SMILES string of the molecule is CC(Sc1cccc(NC(=O)/C(=C\c2ccc(C(C)C)cc2)NC(=O)c2ccccc2)c1)C(=O)Nc1cccc(C(=O)O)c1. The van der Waals surface area contributed by atoms with Gasteiger partial charge >= 0.3 is 5.97 Å². The molecule has 0 radical (unpaired) electrons. The molecule has 0 aliphatic carbocycles. The molecule has 0 aliphatic heterocycles. The summed E-state index contributed by atoms with van der Waals surface area (Å²) in [6.07, 6.45) is 1.63. The smallest absolute Gasteiger partial charge is 0.335 e. The molecule has 0 spiro atoms. The third-order valence-electron chi connectivity index (χ3n) is 6.59. The van der Waals surface area contributed by atoms with Gasteiger partial charge in [0.1, 0.15) is 5.70 Å². The lowest BCUT2D eigenvalue weighted by atomic mass is 10.0. The van der Waals surface area contributed by atoms with Crippen LogP contribution in [-0.2, 0) is 9.59 Å². The third kappa shape index (κ3) is 8.92. The van der Waals surface area contributed by atoms with Crippen molar-refractivity contribution in [3.8, 4) is 0 Å². The average molecular weight is 608 g/mol. The summed E-state index contributed by atoms with van der Waals surface area (Å²) >= 11 is 1.28. The number of nitrogens with one attached hydrogen (secondary N) is 3. The number of benzene rings is 4. The number of carboxylic acids is 1. The van der Waals surface area contributed by atoms with E-state index in [1.54, 1.807) is 67.6 Å². The van der Waals surface area contributed by atoms with Gasteiger partial charge in [-0.3, -0.25) is 14.4 Å². The van der Waals surface area contributed by atoms with Crippen LogP contribution < -0.4 is 16.0 Å². The summed E-state index contributed by atoms with van der Waals surface area (Å²) in [6, 6.07) is 29.5. The molecule has 9 heteroatoms. The summed E-state index contributed by atoms with van der Waals surface area (Å²) in [4.78, 5) is 51.2.